The van der Waals surface area contributed by atoms with E-state index in [1.165, 1.54) is 12.1 Å². The SMILES string of the molecule is CC(C)N=c1cc2n(-c3ccc(F)cc3)c3ccccc3nc-2cc1Nc1ncccn1. The first-order valence-corrected chi connectivity index (χ1v) is 10.4. The summed E-state index contributed by atoms with van der Waals surface area (Å²) in [5.41, 5.74) is 5.01. The van der Waals surface area contributed by atoms with Gasteiger partial charge >= 0.3 is 0 Å². The fraction of sp³-hybridized carbons (Fsp3) is 0.120. The number of benzene rings is 3. The number of aromatic nitrogens is 4. The van der Waals surface area contributed by atoms with Crippen molar-refractivity contribution < 1.29 is 4.39 Å². The molecule has 0 unspecified atom stereocenters. The second-order valence-electron chi connectivity index (χ2n) is 7.69. The number of rotatable bonds is 4. The summed E-state index contributed by atoms with van der Waals surface area (Å²) in [6.07, 6.45) is 3.37. The molecular weight excluding hydrogens is 403 g/mol. The Morgan fingerprint density at radius 3 is 2.44 bits per heavy atom. The second kappa shape index (κ2) is 8.19. The van der Waals surface area contributed by atoms with Gasteiger partial charge in [-0.05, 0) is 68.4 Å². The summed E-state index contributed by atoms with van der Waals surface area (Å²) in [5.74, 6) is 0.209. The molecule has 0 spiro atoms. The van der Waals surface area contributed by atoms with Crippen molar-refractivity contribution in [2.75, 3.05) is 5.32 Å². The van der Waals surface area contributed by atoms with Crippen LogP contribution in [0.25, 0.3) is 28.1 Å². The van der Waals surface area contributed by atoms with Gasteiger partial charge in [0, 0.05) is 24.1 Å². The summed E-state index contributed by atoms with van der Waals surface area (Å²) >= 11 is 0. The predicted molar refractivity (Wildman–Crippen MR) is 124 cm³/mol. The van der Waals surface area contributed by atoms with Crippen LogP contribution in [0.1, 0.15) is 13.8 Å². The Morgan fingerprint density at radius 2 is 1.69 bits per heavy atom. The number of fused-ring (bicyclic) bond motifs is 2. The smallest absolute Gasteiger partial charge is 0.227 e. The van der Waals surface area contributed by atoms with Gasteiger partial charge in [-0.15, -0.1) is 0 Å². The molecule has 2 aromatic carbocycles. The van der Waals surface area contributed by atoms with Gasteiger partial charge in [-0.25, -0.2) is 19.3 Å². The number of halogens is 1. The standard InChI is InChI=1S/C25H21FN6/c1-16(2)29-21-15-24-22(14-20(21)31-25-27-12-5-13-28-25)30-19-6-3-4-7-23(19)32(24)18-10-8-17(26)9-11-18/h3-16H,1-2H3,(H,27,28,31). The summed E-state index contributed by atoms with van der Waals surface area (Å²) in [4.78, 5) is 18.2. The van der Waals surface area contributed by atoms with Gasteiger partial charge in [-0.3, -0.25) is 4.99 Å². The Balaban J connectivity index is 1.83. The number of hydrogen-bond acceptors (Lipinski definition) is 5. The van der Waals surface area contributed by atoms with E-state index in [0.717, 1.165) is 39.2 Å². The van der Waals surface area contributed by atoms with Gasteiger partial charge in [0.25, 0.3) is 0 Å². The van der Waals surface area contributed by atoms with Crippen LogP contribution in [-0.2, 0) is 0 Å². The molecule has 158 valence electrons. The zero-order valence-corrected chi connectivity index (χ0v) is 17.7. The van der Waals surface area contributed by atoms with Crippen molar-refractivity contribution in [2.24, 2.45) is 4.99 Å². The van der Waals surface area contributed by atoms with Crippen LogP contribution < -0.4 is 10.7 Å². The Labute approximate surface area is 184 Å². The average molecular weight is 424 g/mol. The van der Waals surface area contributed by atoms with Crippen LogP contribution in [0.5, 0.6) is 0 Å². The minimum absolute atomic E-state index is 0.0809. The fourth-order valence-corrected chi connectivity index (χ4v) is 3.68. The monoisotopic (exact) mass is 424 g/mol. The summed E-state index contributed by atoms with van der Waals surface area (Å²) in [7, 11) is 0. The Hall–Kier alpha value is -4.13. The lowest BCUT2D eigenvalue weighted by atomic mass is 10.1. The lowest BCUT2D eigenvalue weighted by Gasteiger charge is -2.20. The van der Waals surface area contributed by atoms with Crippen LogP contribution >= 0.6 is 0 Å². The lowest BCUT2D eigenvalue weighted by Crippen LogP contribution is -2.17. The second-order valence-corrected chi connectivity index (χ2v) is 7.69. The third kappa shape index (κ3) is 3.80. The van der Waals surface area contributed by atoms with E-state index in [0.29, 0.717) is 5.95 Å². The molecule has 6 nitrogen and oxygen atoms in total. The van der Waals surface area contributed by atoms with Crippen LogP contribution in [0.15, 0.2) is 84.1 Å². The molecule has 0 amide bonds. The first-order valence-electron chi connectivity index (χ1n) is 10.4. The highest BCUT2D eigenvalue weighted by molar-refractivity contribution is 5.84. The van der Waals surface area contributed by atoms with E-state index >= 15 is 0 Å². The summed E-state index contributed by atoms with van der Waals surface area (Å²) in [6, 6.07) is 20.2. The number of anilines is 2. The molecule has 2 heterocycles. The van der Waals surface area contributed by atoms with Crippen molar-refractivity contribution in [3.05, 3.63) is 90.3 Å². The van der Waals surface area contributed by atoms with Gasteiger partial charge in [-0.2, -0.15) is 0 Å². The molecule has 1 aromatic heterocycles. The minimum atomic E-state index is -0.276. The van der Waals surface area contributed by atoms with Crippen molar-refractivity contribution in [1.29, 1.82) is 0 Å². The molecule has 0 atom stereocenters. The fourth-order valence-electron chi connectivity index (χ4n) is 3.68. The normalized spacial score (nSPS) is 12.1. The number of nitrogens with one attached hydrogen (secondary N) is 1. The van der Waals surface area contributed by atoms with Gasteiger partial charge in [-0.1, -0.05) is 12.1 Å². The maximum Gasteiger partial charge on any atom is 0.227 e. The lowest BCUT2D eigenvalue weighted by molar-refractivity contribution is 0.627. The van der Waals surface area contributed by atoms with Crippen molar-refractivity contribution in [3.63, 3.8) is 0 Å². The van der Waals surface area contributed by atoms with Crippen molar-refractivity contribution in [2.45, 2.75) is 19.9 Å². The predicted octanol–water partition coefficient (Wildman–Crippen LogP) is 5.11. The van der Waals surface area contributed by atoms with E-state index in [1.807, 2.05) is 50.2 Å². The molecule has 1 aliphatic heterocycles. The minimum Gasteiger partial charge on any atom is -0.322 e. The van der Waals surface area contributed by atoms with Gasteiger partial charge in [0.1, 0.15) is 5.82 Å². The van der Waals surface area contributed by atoms with Crippen molar-refractivity contribution >= 4 is 22.7 Å². The zero-order valence-electron chi connectivity index (χ0n) is 17.7. The maximum absolute atomic E-state index is 13.6. The van der Waals surface area contributed by atoms with E-state index in [9.17, 15) is 4.39 Å². The number of nitrogens with zero attached hydrogens (tertiary/aromatic N) is 5. The molecule has 2 aliphatic rings. The Bertz CT molecular complexity index is 1430. The zero-order chi connectivity index (χ0) is 22.1. The summed E-state index contributed by atoms with van der Waals surface area (Å²) in [5, 5.41) is 4.04. The molecule has 7 heteroatoms. The molecule has 5 rings (SSSR count). The average Bonchev–Trinajstić information content (AvgIpc) is 2.79. The number of para-hydroxylation sites is 2. The summed E-state index contributed by atoms with van der Waals surface area (Å²) < 4.78 is 15.7. The highest BCUT2D eigenvalue weighted by Crippen LogP contribution is 2.30. The largest absolute Gasteiger partial charge is 0.322 e. The topological polar surface area (TPSA) is 68.0 Å². The highest BCUT2D eigenvalue weighted by atomic mass is 19.1. The van der Waals surface area contributed by atoms with Crippen LogP contribution in [0.3, 0.4) is 0 Å². The molecular formula is C25H21FN6. The quantitative estimate of drug-likeness (QED) is 0.407. The third-order valence-electron chi connectivity index (χ3n) is 4.99. The Kier molecular flexibility index (Phi) is 5.07. The van der Waals surface area contributed by atoms with E-state index in [1.54, 1.807) is 30.6 Å². The van der Waals surface area contributed by atoms with E-state index in [-0.39, 0.29) is 11.9 Å². The van der Waals surface area contributed by atoms with Crippen molar-refractivity contribution in [3.8, 4) is 17.1 Å². The Morgan fingerprint density at radius 1 is 0.938 bits per heavy atom. The first-order chi connectivity index (χ1) is 15.6. The van der Waals surface area contributed by atoms with Crippen molar-refractivity contribution in [1.82, 2.24) is 19.5 Å². The van der Waals surface area contributed by atoms with Gasteiger partial charge < -0.3 is 9.88 Å². The van der Waals surface area contributed by atoms with E-state index in [2.05, 4.69) is 19.9 Å². The molecule has 0 bridgehead atoms. The molecule has 0 radical (unpaired) electrons. The highest BCUT2D eigenvalue weighted by Gasteiger charge is 2.17. The maximum atomic E-state index is 13.6. The van der Waals surface area contributed by atoms with Gasteiger partial charge in [0.2, 0.25) is 5.95 Å². The van der Waals surface area contributed by atoms with Crippen LogP contribution in [0, 0.1) is 5.82 Å². The third-order valence-corrected chi connectivity index (χ3v) is 4.99. The summed E-state index contributed by atoms with van der Waals surface area (Å²) in [6.45, 7) is 4.05. The van der Waals surface area contributed by atoms with E-state index < -0.39 is 0 Å². The van der Waals surface area contributed by atoms with Crippen LogP contribution in [0.4, 0.5) is 16.0 Å². The van der Waals surface area contributed by atoms with E-state index in [4.69, 9.17) is 9.98 Å². The molecule has 0 fully saturated rings. The first kappa shape index (κ1) is 19.8. The van der Waals surface area contributed by atoms with Crippen LogP contribution in [0.2, 0.25) is 0 Å². The van der Waals surface area contributed by atoms with Gasteiger partial charge in [0.15, 0.2) is 0 Å². The molecule has 0 saturated heterocycles. The number of hydrogen-bond donors (Lipinski definition) is 1. The molecule has 0 saturated carbocycles. The molecule has 1 N–H and O–H groups in total. The molecule has 32 heavy (non-hydrogen) atoms. The molecule has 3 aromatic rings. The van der Waals surface area contributed by atoms with Gasteiger partial charge in [0.05, 0.1) is 33.5 Å². The van der Waals surface area contributed by atoms with Crippen LogP contribution in [-0.4, -0.2) is 25.6 Å². The molecule has 1 aliphatic carbocycles.